The number of halogens is 6. The van der Waals surface area contributed by atoms with Gasteiger partial charge in [0.2, 0.25) is 0 Å². The minimum atomic E-state index is -4.49. The molecule has 0 aliphatic carbocycles. The molecule has 1 aliphatic heterocycles. The number of rotatable bonds is 5. The van der Waals surface area contributed by atoms with Crippen LogP contribution in [0, 0.1) is 0 Å². The van der Waals surface area contributed by atoms with Gasteiger partial charge in [-0.05, 0) is 71.8 Å². The van der Waals surface area contributed by atoms with Gasteiger partial charge < -0.3 is 10.1 Å². The molecule has 0 saturated carbocycles. The molecule has 1 heterocycles. The molecule has 5 nitrogen and oxygen atoms in total. The van der Waals surface area contributed by atoms with E-state index in [1.807, 2.05) is 0 Å². The smallest absolute Gasteiger partial charge is 0.416 e. The highest BCUT2D eigenvalue weighted by atomic mass is 35.5. The Morgan fingerprint density at radius 2 is 1.63 bits per heavy atom. The van der Waals surface area contributed by atoms with E-state index in [0.717, 1.165) is 29.8 Å². The number of hydrazone groups is 1. The lowest BCUT2D eigenvalue weighted by Crippen LogP contribution is -2.31. The molecule has 1 unspecified atom stereocenters. The SMILES string of the molecule is O=C(Nc1ccc(C(F)(F)F)cc1)N1N=C(c2ccc(OC(F)F)cc2)CC1c1ccc(Cl)cc1. The third-order valence-corrected chi connectivity index (χ3v) is 5.50. The van der Waals surface area contributed by atoms with E-state index in [1.54, 1.807) is 36.4 Å². The summed E-state index contributed by atoms with van der Waals surface area (Å²) in [5, 5.41) is 8.67. The Morgan fingerprint density at radius 3 is 2.20 bits per heavy atom. The number of amides is 2. The van der Waals surface area contributed by atoms with Crippen molar-refractivity contribution in [1.29, 1.82) is 0 Å². The van der Waals surface area contributed by atoms with Crippen LogP contribution < -0.4 is 10.1 Å². The van der Waals surface area contributed by atoms with Gasteiger partial charge in [-0.3, -0.25) is 0 Å². The van der Waals surface area contributed by atoms with Crippen LogP contribution in [0.25, 0.3) is 0 Å². The summed E-state index contributed by atoms with van der Waals surface area (Å²) in [7, 11) is 0. The number of anilines is 1. The first-order valence-corrected chi connectivity index (χ1v) is 10.6. The van der Waals surface area contributed by atoms with Crippen LogP contribution in [-0.2, 0) is 6.18 Å². The summed E-state index contributed by atoms with van der Waals surface area (Å²) >= 11 is 5.98. The number of ether oxygens (including phenoxy) is 1. The van der Waals surface area contributed by atoms with Gasteiger partial charge in [-0.1, -0.05) is 23.7 Å². The monoisotopic (exact) mass is 509 g/mol. The summed E-state index contributed by atoms with van der Waals surface area (Å²) in [6.45, 7) is -2.96. The number of hydrogen-bond acceptors (Lipinski definition) is 3. The van der Waals surface area contributed by atoms with E-state index in [-0.39, 0.29) is 11.4 Å². The van der Waals surface area contributed by atoms with E-state index < -0.39 is 30.4 Å². The lowest BCUT2D eigenvalue weighted by atomic mass is 9.98. The molecule has 3 aromatic rings. The second-order valence-electron chi connectivity index (χ2n) is 7.57. The fourth-order valence-corrected chi connectivity index (χ4v) is 3.69. The number of urea groups is 1. The van der Waals surface area contributed by atoms with Gasteiger partial charge in [0.15, 0.2) is 0 Å². The summed E-state index contributed by atoms with van der Waals surface area (Å²) in [5.74, 6) is -0.0199. The Kier molecular flexibility index (Phi) is 6.93. The predicted molar refractivity (Wildman–Crippen MR) is 121 cm³/mol. The minimum absolute atomic E-state index is 0.0199. The van der Waals surface area contributed by atoms with E-state index in [9.17, 15) is 26.7 Å². The summed E-state index contributed by atoms with van der Waals surface area (Å²) in [6.07, 6.45) is -4.19. The maximum Gasteiger partial charge on any atom is 0.416 e. The first-order valence-electron chi connectivity index (χ1n) is 10.3. The van der Waals surface area contributed by atoms with Crippen LogP contribution in [0.5, 0.6) is 5.75 Å². The summed E-state index contributed by atoms with van der Waals surface area (Å²) in [6, 6.07) is 15.5. The van der Waals surface area contributed by atoms with Crippen LogP contribution in [0.1, 0.15) is 29.2 Å². The molecule has 182 valence electrons. The lowest BCUT2D eigenvalue weighted by Gasteiger charge is -2.22. The second-order valence-corrected chi connectivity index (χ2v) is 8.01. The van der Waals surface area contributed by atoms with Crippen molar-refractivity contribution in [3.63, 3.8) is 0 Å². The molecule has 35 heavy (non-hydrogen) atoms. The molecule has 0 spiro atoms. The molecule has 11 heteroatoms. The quantitative estimate of drug-likeness (QED) is 0.366. The standard InChI is InChI=1S/C24H17ClF5N3O2/c25-17-7-1-15(2-8-17)21-13-20(14-3-11-19(12-4-14)35-22(26)27)32-33(21)23(34)31-18-9-5-16(6-10-18)24(28,29)30/h1-12,21-22H,13H2,(H,31,34). The fourth-order valence-electron chi connectivity index (χ4n) is 3.57. The van der Waals surface area contributed by atoms with Crippen LogP contribution in [0.2, 0.25) is 5.02 Å². The summed E-state index contributed by atoms with van der Waals surface area (Å²) in [5.41, 5.74) is 1.16. The van der Waals surface area contributed by atoms with Crippen molar-refractivity contribution in [2.45, 2.75) is 25.3 Å². The molecule has 0 radical (unpaired) electrons. The number of carbonyl (C=O) groups is 1. The second kappa shape index (κ2) is 9.91. The molecule has 1 atom stereocenters. The van der Waals surface area contributed by atoms with E-state index in [0.29, 0.717) is 22.7 Å². The maximum atomic E-state index is 13.1. The molecule has 0 bridgehead atoms. The Bertz CT molecular complexity index is 1210. The van der Waals surface area contributed by atoms with Gasteiger partial charge in [-0.2, -0.15) is 27.1 Å². The van der Waals surface area contributed by atoms with E-state index in [1.165, 1.54) is 17.1 Å². The molecular weight excluding hydrogens is 493 g/mol. The minimum Gasteiger partial charge on any atom is -0.435 e. The van der Waals surface area contributed by atoms with Crippen molar-refractivity contribution in [3.05, 3.63) is 94.5 Å². The van der Waals surface area contributed by atoms with Gasteiger partial charge in [-0.25, -0.2) is 9.80 Å². The molecule has 0 saturated heterocycles. The van der Waals surface area contributed by atoms with Crippen molar-refractivity contribution in [2.75, 3.05) is 5.32 Å². The van der Waals surface area contributed by atoms with Crippen molar-refractivity contribution in [1.82, 2.24) is 5.01 Å². The van der Waals surface area contributed by atoms with Crippen LogP contribution in [0.4, 0.5) is 32.4 Å². The van der Waals surface area contributed by atoms with E-state index in [4.69, 9.17) is 11.6 Å². The molecule has 3 aromatic carbocycles. The maximum absolute atomic E-state index is 13.1. The first kappa shape index (κ1) is 24.5. The zero-order valence-electron chi connectivity index (χ0n) is 17.8. The first-order chi connectivity index (χ1) is 16.6. The van der Waals surface area contributed by atoms with Crippen molar-refractivity contribution < 1.29 is 31.5 Å². The molecule has 1 N–H and O–H groups in total. The fraction of sp³-hybridized carbons (Fsp3) is 0.167. The molecule has 1 aliphatic rings. The number of benzene rings is 3. The zero-order chi connectivity index (χ0) is 25.2. The third-order valence-electron chi connectivity index (χ3n) is 5.25. The van der Waals surface area contributed by atoms with Gasteiger partial charge in [0, 0.05) is 17.1 Å². The van der Waals surface area contributed by atoms with Crippen molar-refractivity contribution >= 4 is 29.0 Å². The average molecular weight is 510 g/mol. The highest BCUT2D eigenvalue weighted by molar-refractivity contribution is 6.30. The Hall–Kier alpha value is -3.66. The topological polar surface area (TPSA) is 53.9 Å². The Morgan fingerprint density at radius 1 is 1.00 bits per heavy atom. The molecule has 2 amide bonds. The lowest BCUT2D eigenvalue weighted by molar-refractivity contribution is -0.137. The Labute approximate surface area is 201 Å². The van der Waals surface area contributed by atoms with Crippen molar-refractivity contribution in [2.24, 2.45) is 5.10 Å². The molecular formula is C24H17ClF5N3O2. The number of carbonyl (C=O) groups excluding carboxylic acids is 1. The van der Waals surface area contributed by atoms with E-state index >= 15 is 0 Å². The highest BCUT2D eigenvalue weighted by Crippen LogP contribution is 2.35. The van der Waals surface area contributed by atoms with Crippen LogP contribution in [0.15, 0.2) is 77.9 Å². The zero-order valence-corrected chi connectivity index (χ0v) is 18.5. The van der Waals surface area contributed by atoms with Crippen LogP contribution in [-0.4, -0.2) is 23.4 Å². The van der Waals surface area contributed by atoms with E-state index in [2.05, 4.69) is 15.2 Å². The molecule has 0 aromatic heterocycles. The number of alkyl halides is 5. The highest BCUT2D eigenvalue weighted by Gasteiger charge is 2.34. The Balaban J connectivity index is 1.59. The van der Waals surface area contributed by atoms with Crippen molar-refractivity contribution in [3.8, 4) is 5.75 Å². The summed E-state index contributed by atoms with van der Waals surface area (Å²) < 4.78 is 67.7. The predicted octanol–water partition coefficient (Wildman–Crippen LogP) is 7.34. The number of nitrogens with zero attached hydrogens (tertiary/aromatic N) is 2. The third kappa shape index (κ3) is 5.89. The number of hydrogen-bond donors (Lipinski definition) is 1. The largest absolute Gasteiger partial charge is 0.435 e. The van der Waals surface area contributed by atoms with Gasteiger partial charge >= 0.3 is 18.8 Å². The van der Waals surface area contributed by atoms with Gasteiger partial charge in [-0.15, -0.1) is 0 Å². The van der Waals surface area contributed by atoms with Gasteiger partial charge in [0.1, 0.15) is 5.75 Å². The average Bonchev–Trinajstić information content (AvgIpc) is 3.25. The van der Waals surface area contributed by atoms with Crippen LogP contribution >= 0.6 is 11.6 Å². The van der Waals surface area contributed by atoms with Gasteiger partial charge in [0.05, 0.1) is 17.3 Å². The number of nitrogens with one attached hydrogen (secondary N) is 1. The molecule has 4 rings (SSSR count). The molecule has 0 fully saturated rings. The summed E-state index contributed by atoms with van der Waals surface area (Å²) in [4.78, 5) is 13.1. The van der Waals surface area contributed by atoms with Gasteiger partial charge in [0.25, 0.3) is 0 Å². The normalized spacial score (nSPS) is 15.8. The van der Waals surface area contributed by atoms with Crippen LogP contribution in [0.3, 0.4) is 0 Å².